The zero-order valence-electron chi connectivity index (χ0n) is 16.6. The number of hydrogen-bond donors (Lipinski definition) is 1. The van der Waals surface area contributed by atoms with Crippen LogP contribution in [0, 0.1) is 5.92 Å². The number of ether oxygens (including phenoxy) is 1. The highest BCUT2D eigenvalue weighted by atomic mass is 32.2. The summed E-state index contributed by atoms with van der Waals surface area (Å²) in [7, 11) is 0. The van der Waals surface area contributed by atoms with E-state index in [4.69, 9.17) is 4.74 Å². The Kier molecular flexibility index (Phi) is 10.6. The van der Waals surface area contributed by atoms with Gasteiger partial charge in [0.1, 0.15) is 11.6 Å². The molecule has 0 aliphatic carbocycles. The van der Waals surface area contributed by atoms with Crippen LogP contribution in [0.25, 0.3) is 0 Å². The van der Waals surface area contributed by atoms with Gasteiger partial charge < -0.3 is 10.1 Å². The van der Waals surface area contributed by atoms with E-state index in [1.807, 2.05) is 27.0 Å². The monoisotopic (exact) mass is 360 g/mol. The molecule has 0 heterocycles. The van der Waals surface area contributed by atoms with Gasteiger partial charge >= 0.3 is 5.97 Å². The number of esters is 1. The Morgan fingerprint density at radius 1 is 1.17 bits per heavy atom. The van der Waals surface area contributed by atoms with E-state index in [0.29, 0.717) is 18.9 Å². The molecule has 0 fully saturated rings. The van der Waals surface area contributed by atoms with Gasteiger partial charge in [-0.05, 0) is 59.0 Å². The van der Waals surface area contributed by atoms with Crippen molar-refractivity contribution in [3.63, 3.8) is 0 Å². The first kappa shape index (κ1) is 23.2. The quantitative estimate of drug-likeness (QED) is 0.607. The van der Waals surface area contributed by atoms with Crippen LogP contribution in [0.1, 0.15) is 54.9 Å². The Bertz CT molecular complexity index is 392. The number of hydrogen-bond acceptors (Lipinski definition) is 5. The number of thioether (sulfide) groups is 1. The molecule has 1 N–H and O–H groups in total. The molecule has 1 unspecified atom stereocenters. The summed E-state index contributed by atoms with van der Waals surface area (Å²) in [4.78, 5) is 26.9. The van der Waals surface area contributed by atoms with Crippen LogP contribution in [0.3, 0.4) is 0 Å². The SMILES string of the molecule is CSCCC(NC(=O)CN(CC(C)C)C(C)C)C(=O)OC(C)(C)C. The van der Waals surface area contributed by atoms with E-state index in [9.17, 15) is 9.59 Å². The molecule has 1 atom stereocenters. The molecule has 0 saturated heterocycles. The van der Waals surface area contributed by atoms with Gasteiger partial charge in [0, 0.05) is 12.6 Å². The summed E-state index contributed by atoms with van der Waals surface area (Å²) in [6.07, 6.45) is 2.56. The molecule has 0 rings (SSSR count). The normalized spacial score (nSPS) is 13.5. The first-order valence-electron chi connectivity index (χ1n) is 8.71. The van der Waals surface area contributed by atoms with Crippen LogP contribution in [-0.2, 0) is 14.3 Å². The van der Waals surface area contributed by atoms with E-state index in [1.165, 1.54) is 0 Å². The fraction of sp³-hybridized carbons (Fsp3) is 0.889. The summed E-state index contributed by atoms with van der Waals surface area (Å²) in [5, 5.41) is 2.86. The fourth-order valence-corrected chi connectivity index (χ4v) is 2.68. The molecule has 0 saturated carbocycles. The van der Waals surface area contributed by atoms with Crippen molar-refractivity contribution in [1.82, 2.24) is 10.2 Å². The second-order valence-corrected chi connectivity index (χ2v) is 8.84. The van der Waals surface area contributed by atoms with Crippen molar-refractivity contribution < 1.29 is 14.3 Å². The maximum atomic E-state index is 12.4. The highest BCUT2D eigenvalue weighted by Crippen LogP contribution is 2.11. The molecule has 0 radical (unpaired) electrons. The highest BCUT2D eigenvalue weighted by Gasteiger charge is 2.27. The zero-order valence-corrected chi connectivity index (χ0v) is 17.5. The second-order valence-electron chi connectivity index (χ2n) is 7.85. The molecule has 0 aliphatic rings. The number of carbonyl (C=O) groups is 2. The molecule has 24 heavy (non-hydrogen) atoms. The van der Waals surface area contributed by atoms with Crippen molar-refractivity contribution in [1.29, 1.82) is 0 Å². The minimum absolute atomic E-state index is 0.124. The van der Waals surface area contributed by atoms with Crippen LogP contribution in [0.15, 0.2) is 0 Å². The molecule has 0 aromatic carbocycles. The molecule has 5 nitrogen and oxygen atoms in total. The highest BCUT2D eigenvalue weighted by molar-refractivity contribution is 7.98. The average molecular weight is 361 g/mol. The Balaban J connectivity index is 4.81. The third-order valence-corrected chi connectivity index (χ3v) is 3.96. The lowest BCUT2D eigenvalue weighted by Gasteiger charge is -2.29. The topological polar surface area (TPSA) is 58.6 Å². The van der Waals surface area contributed by atoms with Crippen molar-refractivity contribution in [3.8, 4) is 0 Å². The second kappa shape index (κ2) is 11.0. The first-order chi connectivity index (χ1) is 11.0. The molecule has 142 valence electrons. The lowest BCUT2D eigenvalue weighted by molar-refractivity contribution is -0.158. The smallest absolute Gasteiger partial charge is 0.329 e. The first-order valence-corrected chi connectivity index (χ1v) is 10.1. The molecule has 0 aromatic rings. The van der Waals surface area contributed by atoms with Crippen molar-refractivity contribution in [2.24, 2.45) is 5.92 Å². The Morgan fingerprint density at radius 3 is 2.17 bits per heavy atom. The van der Waals surface area contributed by atoms with Gasteiger partial charge in [-0.25, -0.2) is 4.79 Å². The van der Waals surface area contributed by atoms with Gasteiger partial charge in [0.25, 0.3) is 0 Å². The van der Waals surface area contributed by atoms with Gasteiger partial charge in [-0.15, -0.1) is 0 Å². The van der Waals surface area contributed by atoms with E-state index in [0.717, 1.165) is 12.3 Å². The maximum absolute atomic E-state index is 12.4. The summed E-state index contributed by atoms with van der Waals surface area (Å²) >= 11 is 1.65. The zero-order chi connectivity index (χ0) is 18.9. The number of rotatable bonds is 10. The molecule has 0 aliphatic heterocycles. The molecule has 6 heteroatoms. The molecule has 1 amide bonds. The minimum Gasteiger partial charge on any atom is -0.458 e. The van der Waals surface area contributed by atoms with Crippen LogP contribution in [0.2, 0.25) is 0 Å². The maximum Gasteiger partial charge on any atom is 0.329 e. The number of nitrogens with one attached hydrogen (secondary N) is 1. The number of amides is 1. The predicted octanol–water partition coefficient (Wildman–Crippen LogP) is 2.93. The lowest BCUT2D eigenvalue weighted by atomic mass is 10.1. The summed E-state index contributed by atoms with van der Waals surface area (Å²) in [5.74, 6) is 0.800. The van der Waals surface area contributed by atoms with E-state index in [-0.39, 0.29) is 17.9 Å². The van der Waals surface area contributed by atoms with Gasteiger partial charge in [-0.2, -0.15) is 11.8 Å². The molecule has 0 bridgehead atoms. The van der Waals surface area contributed by atoms with Crippen molar-refractivity contribution in [2.45, 2.75) is 72.6 Å². The van der Waals surface area contributed by atoms with Gasteiger partial charge in [0.05, 0.1) is 6.54 Å². The standard InChI is InChI=1S/C18H36N2O3S/c1-13(2)11-20(14(3)4)12-16(21)19-15(9-10-24-8)17(22)23-18(5,6)7/h13-15H,9-12H2,1-8H3,(H,19,21). The molecular weight excluding hydrogens is 324 g/mol. The summed E-state index contributed by atoms with van der Waals surface area (Å²) < 4.78 is 5.44. The van der Waals surface area contributed by atoms with Crippen molar-refractivity contribution in [3.05, 3.63) is 0 Å². The van der Waals surface area contributed by atoms with Gasteiger partial charge in [0.2, 0.25) is 5.91 Å². The van der Waals surface area contributed by atoms with Gasteiger partial charge in [-0.3, -0.25) is 9.69 Å². The molecular formula is C18H36N2O3S. The lowest BCUT2D eigenvalue weighted by Crippen LogP contribution is -2.49. The predicted molar refractivity (Wildman–Crippen MR) is 102 cm³/mol. The molecule has 0 aromatic heterocycles. The summed E-state index contributed by atoms with van der Waals surface area (Å²) in [6.45, 7) is 15.1. The minimum atomic E-state index is -0.586. The Hall–Kier alpha value is -0.750. The van der Waals surface area contributed by atoms with Crippen LogP contribution in [-0.4, -0.2) is 59.6 Å². The van der Waals surface area contributed by atoms with Crippen molar-refractivity contribution >= 4 is 23.6 Å². The summed E-state index contributed by atoms with van der Waals surface area (Å²) in [6, 6.07) is -0.304. The van der Waals surface area contributed by atoms with Crippen LogP contribution in [0.5, 0.6) is 0 Å². The van der Waals surface area contributed by atoms with E-state index >= 15 is 0 Å². The number of carbonyl (C=O) groups excluding carboxylic acids is 2. The summed E-state index contributed by atoms with van der Waals surface area (Å²) in [5.41, 5.74) is -0.555. The average Bonchev–Trinajstić information content (AvgIpc) is 2.39. The third-order valence-electron chi connectivity index (χ3n) is 3.31. The largest absolute Gasteiger partial charge is 0.458 e. The Labute approximate surface area is 152 Å². The van der Waals surface area contributed by atoms with Gasteiger partial charge in [0.15, 0.2) is 0 Å². The third kappa shape index (κ3) is 10.9. The number of nitrogens with zero attached hydrogens (tertiary/aromatic N) is 1. The van der Waals surface area contributed by atoms with Crippen molar-refractivity contribution in [2.75, 3.05) is 25.1 Å². The van der Waals surface area contributed by atoms with Crippen LogP contribution in [0.4, 0.5) is 0 Å². The van der Waals surface area contributed by atoms with E-state index in [1.54, 1.807) is 11.8 Å². The Morgan fingerprint density at radius 2 is 1.75 bits per heavy atom. The molecule has 0 spiro atoms. The van der Waals surface area contributed by atoms with Crippen LogP contribution >= 0.6 is 11.8 Å². The fourth-order valence-electron chi connectivity index (χ4n) is 2.21. The van der Waals surface area contributed by atoms with E-state index in [2.05, 4.69) is 37.9 Å². The van der Waals surface area contributed by atoms with Gasteiger partial charge in [-0.1, -0.05) is 13.8 Å². The van der Waals surface area contributed by atoms with Crippen LogP contribution < -0.4 is 5.32 Å². The van der Waals surface area contributed by atoms with E-state index < -0.39 is 11.6 Å².